The first-order chi connectivity index (χ1) is 21.1. The lowest BCUT2D eigenvalue weighted by molar-refractivity contribution is 0.346. The molecule has 2 aliphatic heterocycles. The molecule has 4 aromatic carbocycles. The van der Waals surface area contributed by atoms with Crippen LogP contribution in [0.15, 0.2) is 103 Å². The van der Waals surface area contributed by atoms with E-state index in [0.29, 0.717) is 11.8 Å². The van der Waals surface area contributed by atoms with E-state index < -0.39 is 0 Å². The van der Waals surface area contributed by atoms with Gasteiger partial charge in [-0.2, -0.15) is 0 Å². The SMILES string of the molecule is CCC1CCC2N(c3ccccc3)c3nc(-c4ccccc4C)c(-c4ccccc4C)nc3N2c2ccccc2C1CC. The molecular weight excluding hydrogens is 524 g/mol. The average Bonchev–Trinajstić information content (AvgIpc) is 3.35. The molecule has 3 unspecified atom stereocenters. The van der Waals surface area contributed by atoms with Gasteiger partial charge in [-0.1, -0.05) is 105 Å². The van der Waals surface area contributed by atoms with Gasteiger partial charge in [0.25, 0.3) is 0 Å². The molecule has 1 aromatic heterocycles. The Kier molecular flexibility index (Phi) is 7.22. The van der Waals surface area contributed by atoms with Gasteiger partial charge in [0.05, 0.1) is 11.4 Å². The standard InChI is InChI=1S/C39H40N4/c1-5-28-24-25-35-42(29-18-8-7-9-19-29)38-39(43(35)34-23-15-14-22-33(34)30(28)6-2)41-37(32-21-13-11-17-27(32)4)36(40-38)31-20-12-10-16-26(31)3/h7-23,28,30,35H,5-6,24-25H2,1-4H3. The third-order valence-corrected chi connectivity index (χ3v) is 9.67. The predicted molar refractivity (Wildman–Crippen MR) is 179 cm³/mol. The monoisotopic (exact) mass is 564 g/mol. The maximum atomic E-state index is 5.64. The van der Waals surface area contributed by atoms with Crippen molar-refractivity contribution in [3.63, 3.8) is 0 Å². The lowest BCUT2D eigenvalue weighted by atomic mass is 9.77. The van der Waals surface area contributed by atoms with E-state index in [1.165, 1.54) is 28.8 Å². The lowest BCUT2D eigenvalue weighted by Crippen LogP contribution is -2.41. The smallest absolute Gasteiger partial charge is 0.179 e. The molecule has 4 heteroatoms. The molecule has 0 spiro atoms. The summed E-state index contributed by atoms with van der Waals surface area (Å²) in [5, 5.41) is 0. The first-order valence-electron chi connectivity index (χ1n) is 15.9. The molecule has 2 aliphatic rings. The number of aromatic nitrogens is 2. The number of hydrogen-bond donors (Lipinski definition) is 0. The second-order valence-corrected chi connectivity index (χ2v) is 12.1. The largest absolute Gasteiger partial charge is 0.302 e. The Bertz CT molecular complexity index is 1760. The van der Waals surface area contributed by atoms with Crippen molar-refractivity contribution in [2.45, 2.75) is 65.5 Å². The van der Waals surface area contributed by atoms with Crippen molar-refractivity contribution in [2.75, 3.05) is 9.80 Å². The minimum Gasteiger partial charge on any atom is -0.302 e. The zero-order chi connectivity index (χ0) is 29.5. The van der Waals surface area contributed by atoms with Crippen LogP contribution >= 0.6 is 0 Å². The summed E-state index contributed by atoms with van der Waals surface area (Å²) in [6.45, 7) is 9.05. The Morgan fingerprint density at radius 2 is 1.16 bits per heavy atom. The van der Waals surface area contributed by atoms with E-state index in [-0.39, 0.29) is 6.17 Å². The quantitative estimate of drug-likeness (QED) is 0.213. The van der Waals surface area contributed by atoms with Crippen molar-refractivity contribution >= 4 is 23.0 Å². The number of nitrogens with zero attached hydrogens (tertiary/aromatic N) is 4. The summed E-state index contributed by atoms with van der Waals surface area (Å²) in [5.74, 6) is 3.04. The summed E-state index contributed by atoms with van der Waals surface area (Å²) in [6.07, 6.45) is 4.60. The highest BCUT2D eigenvalue weighted by Gasteiger charge is 2.44. The van der Waals surface area contributed by atoms with Gasteiger partial charge in [0.2, 0.25) is 0 Å². The lowest BCUT2D eigenvalue weighted by Gasteiger charge is -2.39. The number of para-hydroxylation sites is 2. The summed E-state index contributed by atoms with van der Waals surface area (Å²) < 4.78 is 0. The molecule has 4 nitrogen and oxygen atoms in total. The fourth-order valence-electron chi connectivity index (χ4n) is 7.49. The Hall–Kier alpha value is -4.44. The minimum atomic E-state index is 0.0854. The molecule has 0 radical (unpaired) electrons. The van der Waals surface area contributed by atoms with Crippen LogP contribution in [0.25, 0.3) is 22.5 Å². The summed E-state index contributed by atoms with van der Waals surface area (Å²) in [5.41, 5.74) is 10.4. The molecule has 43 heavy (non-hydrogen) atoms. The van der Waals surface area contributed by atoms with E-state index in [9.17, 15) is 0 Å². The average molecular weight is 565 g/mol. The number of benzene rings is 4. The van der Waals surface area contributed by atoms with Gasteiger partial charge >= 0.3 is 0 Å². The fourth-order valence-corrected chi connectivity index (χ4v) is 7.49. The van der Waals surface area contributed by atoms with E-state index >= 15 is 0 Å². The van der Waals surface area contributed by atoms with Crippen LogP contribution in [0.4, 0.5) is 23.0 Å². The number of hydrogen-bond acceptors (Lipinski definition) is 4. The molecular formula is C39H40N4. The van der Waals surface area contributed by atoms with Crippen LogP contribution in [-0.4, -0.2) is 16.1 Å². The zero-order valence-corrected chi connectivity index (χ0v) is 25.7. The normalized spacial score (nSPS) is 19.3. The first-order valence-corrected chi connectivity index (χ1v) is 15.9. The van der Waals surface area contributed by atoms with E-state index in [4.69, 9.17) is 9.97 Å². The molecule has 5 aromatic rings. The van der Waals surface area contributed by atoms with Crippen LogP contribution < -0.4 is 9.80 Å². The Balaban J connectivity index is 1.55. The third kappa shape index (κ3) is 4.60. The van der Waals surface area contributed by atoms with Crippen LogP contribution in [-0.2, 0) is 0 Å². The third-order valence-electron chi connectivity index (χ3n) is 9.67. The number of aryl methyl sites for hydroxylation is 2. The summed E-state index contributed by atoms with van der Waals surface area (Å²) in [4.78, 5) is 16.2. The van der Waals surface area contributed by atoms with Gasteiger partial charge in [-0.05, 0) is 79.8 Å². The number of fused-ring (bicyclic) bond motifs is 5. The van der Waals surface area contributed by atoms with E-state index in [0.717, 1.165) is 59.1 Å². The number of rotatable bonds is 5. The minimum absolute atomic E-state index is 0.0854. The van der Waals surface area contributed by atoms with Gasteiger partial charge in [0.15, 0.2) is 11.6 Å². The van der Waals surface area contributed by atoms with Crippen molar-refractivity contribution in [1.82, 2.24) is 9.97 Å². The highest BCUT2D eigenvalue weighted by atomic mass is 15.5. The Morgan fingerprint density at radius 1 is 0.605 bits per heavy atom. The summed E-state index contributed by atoms with van der Waals surface area (Å²) in [6, 6.07) is 37.0. The molecule has 0 saturated heterocycles. The van der Waals surface area contributed by atoms with Crippen molar-refractivity contribution < 1.29 is 0 Å². The van der Waals surface area contributed by atoms with Crippen molar-refractivity contribution in [3.05, 3.63) is 120 Å². The molecule has 216 valence electrons. The highest BCUT2D eigenvalue weighted by Crippen LogP contribution is 2.53. The highest BCUT2D eigenvalue weighted by molar-refractivity contribution is 5.91. The van der Waals surface area contributed by atoms with E-state index in [1.807, 2.05) is 0 Å². The predicted octanol–water partition coefficient (Wildman–Crippen LogP) is 10.4. The van der Waals surface area contributed by atoms with Gasteiger partial charge in [-0.3, -0.25) is 0 Å². The molecule has 3 heterocycles. The van der Waals surface area contributed by atoms with Crippen LogP contribution in [0.1, 0.15) is 62.1 Å². The van der Waals surface area contributed by atoms with Gasteiger partial charge in [0.1, 0.15) is 6.17 Å². The summed E-state index contributed by atoms with van der Waals surface area (Å²) >= 11 is 0. The van der Waals surface area contributed by atoms with Crippen molar-refractivity contribution in [2.24, 2.45) is 5.92 Å². The van der Waals surface area contributed by atoms with Crippen LogP contribution in [0, 0.1) is 19.8 Å². The molecule has 0 saturated carbocycles. The fraction of sp³-hybridized carbons (Fsp3) is 0.282. The second kappa shape index (κ2) is 11.3. The Labute approximate surface area is 256 Å². The van der Waals surface area contributed by atoms with Crippen LogP contribution in [0.3, 0.4) is 0 Å². The van der Waals surface area contributed by atoms with Crippen molar-refractivity contribution in [1.29, 1.82) is 0 Å². The maximum absolute atomic E-state index is 5.64. The van der Waals surface area contributed by atoms with Crippen molar-refractivity contribution in [3.8, 4) is 22.5 Å². The molecule has 0 fully saturated rings. The molecule has 7 rings (SSSR count). The number of anilines is 4. The van der Waals surface area contributed by atoms with Crippen LogP contribution in [0.2, 0.25) is 0 Å². The molecule has 0 N–H and O–H groups in total. The van der Waals surface area contributed by atoms with Gasteiger partial charge in [0, 0.05) is 22.5 Å². The molecule has 0 bridgehead atoms. The maximum Gasteiger partial charge on any atom is 0.179 e. The topological polar surface area (TPSA) is 32.3 Å². The summed E-state index contributed by atoms with van der Waals surface area (Å²) in [7, 11) is 0. The van der Waals surface area contributed by atoms with Gasteiger partial charge in [-0.25, -0.2) is 9.97 Å². The Morgan fingerprint density at radius 3 is 1.77 bits per heavy atom. The molecule has 3 atom stereocenters. The second-order valence-electron chi connectivity index (χ2n) is 12.1. The zero-order valence-electron chi connectivity index (χ0n) is 25.7. The first kappa shape index (κ1) is 27.4. The van der Waals surface area contributed by atoms with Gasteiger partial charge < -0.3 is 9.80 Å². The van der Waals surface area contributed by atoms with Gasteiger partial charge in [-0.15, -0.1) is 0 Å². The van der Waals surface area contributed by atoms with E-state index in [2.05, 4.69) is 141 Å². The molecule has 0 amide bonds. The van der Waals surface area contributed by atoms with E-state index in [1.54, 1.807) is 0 Å². The molecule has 0 aliphatic carbocycles. The van der Waals surface area contributed by atoms with Crippen LogP contribution in [0.5, 0.6) is 0 Å².